The van der Waals surface area contributed by atoms with Crippen LogP contribution in [0.1, 0.15) is 36.7 Å². The number of carbonyl (C=O) groups excluding carboxylic acids is 1. The number of ketones is 1. The number of hydrogen-bond donors (Lipinski definition) is 0. The first kappa shape index (κ1) is 16.7. The van der Waals surface area contributed by atoms with Crippen molar-refractivity contribution in [3.05, 3.63) is 53.6 Å². The molecule has 0 atom stereocenters. The van der Waals surface area contributed by atoms with Crippen molar-refractivity contribution in [2.24, 2.45) is 0 Å². The van der Waals surface area contributed by atoms with Gasteiger partial charge < -0.3 is 9.22 Å². The van der Waals surface area contributed by atoms with Crippen LogP contribution in [0.3, 0.4) is 0 Å². The zero-order chi connectivity index (χ0) is 17.2. The molecule has 1 aliphatic rings. The summed E-state index contributed by atoms with van der Waals surface area (Å²) < 4.78 is 7.04. The molecule has 0 amide bonds. The van der Waals surface area contributed by atoms with Gasteiger partial charge in [-0.05, 0) is 50.1 Å². The zero-order valence-electron chi connectivity index (χ0n) is 14.8. The fraction of sp³-hybridized carbons (Fsp3) is 0.381. The Kier molecular flexibility index (Phi) is 4.72. The highest BCUT2D eigenvalue weighted by Gasteiger charge is 2.26. The molecule has 24 heavy (non-hydrogen) atoms. The van der Waals surface area contributed by atoms with E-state index in [9.17, 15) is 4.79 Å². The summed E-state index contributed by atoms with van der Waals surface area (Å²) in [7, 11) is 0. The molecule has 0 aromatic heterocycles. The highest BCUT2D eigenvalue weighted by Crippen LogP contribution is 2.38. The van der Waals surface area contributed by atoms with Crippen LogP contribution < -0.4 is 4.74 Å². The third-order valence-electron chi connectivity index (χ3n) is 5.54. The highest BCUT2D eigenvalue weighted by atomic mass is 16.5. The average Bonchev–Trinajstić information content (AvgIpc) is 2.92. The molecule has 0 heterocycles. The smallest absolute Gasteiger partial charge is 0.194 e. The van der Waals surface area contributed by atoms with Gasteiger partial charge in [0.15, 0.2) is 5.78 Å². The minimum absolute atomic E-state index is 0.104. The molecule has 0 radical (unpaired) electrons. The lowest BCUT2D eigenvalue weighted by atomic mass is 10.1. The minimum atomic E-state index is 0.104. The Labute approximate surface area is 144 Å². The van der Waals surface area contributed by atoms with Crippen LogP contribution in [0.4, 0.5) is 0 Å². The maximum atomic E-state index is 12.6. The monoisotopic (exact) mass is 324 g/mol. The Bertz CT molecular complexity index is 739. The summed E-state index contributed by atoms with van der Waals surface area (Å²) in [6.07, 6.45) is 0. The van der Waals surface area contributed by atoms with Gasteiger partial charge in [-0.3, -0.25) is 4.79 Å². The van der Waals surface area contributed by atoms with Crippen LogP contribution in [0.15, 0.2) is 42.5 Å². The quantitative estimate of drug-likeness (QED) is 0.610. The predicted molar refractivity (Wildman–Crippen MR) is 97.6 cm³/mol. The maximum Gasteiger partial charge on any atom is 0.194 e. The fourth-order valence-corrected chi connectivity index (χ4v) is 3.60. The second-order valence-corrected chi connectivity index (χ2v) is 6.44. The second-order valence-electron chi connectivity index (χ2n) is 6.44. The third kappa shape index (κ3) is 2.84. The van der Waals surface area contributed by atoms with Crippen LogP contribution in [-0.4, -0.2) is 43.1 Å². The number of ether oxygens (including phenoxy) is 1. The van der Waals surface area contributed by atoms with Crippen molar-refractivity contribution in [2.75, 3.05) is 32.8 Å². The van der Waals surface area contributed by atoms with E-state index in [2.05, 4.69) is 20.8 Å². The van der Waals surface area contributed by atoms with Gasteiger partial charge in [-0.15, -0.1) is 0 Å². The molecule has 126 valence electrons. The van der Waals surface area contributed by atoms with Crippen LogP contribution in [0.2, 0.25) is 0 Å². The van der Waals surface area contributed by atoms with Gasteiger partial charge in [0.2, 0.25) is 0 Å². The van der Waals surface area contributed by atoms with Crippen LogP contribution in [0.25, 0.3) is 11.1 Å². The number of nitrogens with zero attached hydrogens (tertiary/aromatic N) is 1. The second kappa shape index (κ2) is 6.78. The lowest BCUT2D eigenvalue weighted by Gasteiger charge is -2.35. The van der Waals surface area contributed by atoms with E-state index in [1.165, 1.54) is 0 Å². The lowest BCUT2D eigenvalue weighted by molar-refractivity contribution is -0.923. The van der Waals surface area contributed by atoms with Crippen molar-refractivity contribution in [2.45, 2.75) is 20.8 Å². The molecule has 0 aliphatic heterocycles. The molecule has 2 aromatic rings. The summed E-state index contributed by atoms with van der Waals surface area (Å²) in [6, 6.07) is 13.7. The Hall–Kier alpha value is -2.13. The van der Waals surface area contributed by atoms with E-state index in [1.807, 2.05) is 42.5 Å². The minimum Gasteiger partial charge on any atom is -0.488 e. The molecule has 0 unspecified atom stereocenters. The number of carbonyl (C=O) groups is 1. The van der Waals surface area contributed by atoms with E-state index in [0.29, 0.717) is 6.61 Å². The van der Waals surface area contributed by atoms with Crippen LogP contribution in [0.5, 0.6) is 5.75 Å². The molecule has 0 saturated carbocycles. The number of hydrogen-bond acceptors (Lipinski definition) is 2. The Morgan fingerprint density at radius 1 is 0.833 bits per heavy atom. The molecule has 3 rings (SSSR count). The molecule has 0 N–H and O–H groups in total. The molecular weight excluding hydrogens is 298 g/mol. The fourth-order valence-electron chi connectivity index (χ4n) is 3.60. The van der Waals surface area contributed by atoms with E-state index in [0.717, 1.165) is 58.7 Å². The summed E-state index contributed by atoms with van der Waals surface area (Å²) in [5.74, 6) is 0.892. The summed E-state index contributed by atoms with van der Waals surface area (Å²) in [5.41, 5.74) is 3.60. The first-order valence-electron chi connectivity index (χ1n) is 8.90. The number of benzene rings is 2. The molecule has 3 nitrogen and oxygen atoms in total. The number of quaternary nitrogens is 1. The van der Waals surface area contributed by atoms with Crippen LogP contribution in [0, 0.1) is 0 Å². The van der Waals surface area contributed by atoms with Crippen molar-refractivity contribution in [3.63, 3.8) is 0 Å². The maximum absolute atomic E-state index is 12.6. The summed E-state index contributed by atoms with van der Waals surface area (Å²) in [5, 5.41) is 0. The Morgan fingerprint density at radius 2 is 1.46 bits per heavy atom. The molecular formula is C21H26NO2+. The molecule has 3 heteroatoms. The Balaban J connectivity index is 1.74. The summed E-state index contributed by atoms with van der Waals surface area (Å²) >= 11 is 0. The van der Waals surface area contributed by atoms with E-state index < -0.39 is 0 Å². The molecule has 2 aromatic carbocycles. The molecule has 0 bridgehead atoms. The zero-order valence-corrected chi connectivity index (χ0v) is 14.8. The number of fused-ring (bicyclic) bond motifs is 3. The molecule has 0 fully saturated rings. The van der Waals surface area contributed by atoms with E-state index in [-0.39, 0.29) is 5.78 Å². The first-order chi connectivity index (χ1) is 11.6. The van der Waals surface area contributed by atoms with Gasteiger partial charge in [-0.25, -0.2) is 0 Å². The van der Waals surface area contributed by atoms with Gasteiger partial charge in [-0.2, -0.15) is 0 Å². The van der Waals surface area contributed by atoms with Gasteiger partial charge in [0.25, 0.3) is 0 Å². The third-order valence-corrected chi connectivity index (χ3v) is 5.54. The number of rotatable bonds is 7. The topological polar surface area (TPSA) is 26.3 Å². The van der Waals surface area contributed by atoms with Crippen LogP contribution >= 0.6 is 0 Å². The van der Waals surface area contributed by atoms with Crippen molar-refractivity contribution in [3.8, 4) is 16.9 Å². The number of likely N-dealkylation sites (N-methyl/N-ethyl adjacent to an activating group) is 1. The van der Waals surface area contributed by atoms with E-state index in [1.54, 1.807) is 0 Å². The van der Waals surface area contributed by atoms with Gasteiger partial charge >= 0.3 is 0 Å². The van der Waals surface area contributed by atoms with Gasteiger partial charge in [0, 0.05) is 11.1 Å². The van der Waals surface area contributed by atoms with E-state index >= 15 is 0 Å². The predicted octanol–water partition coefficient (Wildman–Crippen LogP) is 4.15. The first-order valence-corrected chi connectivity index (χ1v) is 8.90. The van der Waals surface area contributed by atoms with Gasteiger partial charge in [-0.1, -0.05) is 24.3 Å². The van der Waals surface area contributed by atoms with Crippen LogP contribution in [-0.2, 0) is 0 Å². The van der Waals surface area contributed by atoms with Crippen molar-refractivity contribution >= 4 is 5.78 Å². The lowest BCUT2D eigenvalue weighted by Crippen LogP contribution is -2.49. The average molecular weight is 324 g/mol. The molecule has 1 aliphatic carbocycles. The standard InChI is InChI=1S/C21H26NO2/c1-4-22(5-2,6-3)13-14-24-16-11-12-18-17-9-7-8-10-19(17)21(23)20(18)15-16/h7-12,15H,4-6,13-14H2,1-3H3/q+1. The Morgan fingerprint density at radius 3 is 2.12 bits per heavy atom. The molecule has 0 saturated heterocycles. The van der Waals surface area contributed by atoms with Crippen molar-refractivity contribution in [1.82, 2.24) is 0 Å². The normalized spacial score (nSPS) is 12.9. The van der Waals surface area contributed by atoms with Gasteiger partial charge in [0.1, 0.15) is 18.9 Å². The van der Waals surface area contributed by atoms with Crippen molar-refractivity contribution < 1.29 is 14.0 Å². The largest absolute Gasteiger partial charge is 0.488 e. The SMILES string of the molecule is CC[N+](CC)(CC)CCOc1ccc2c(c1)C(=O)c1ccccc1-2. The highest BCUT2D eigenvalue weighted by molar-refractivity contribution is 6.21. The van der Waals surface area contributed by atoms with E-state index in [4.69, 9.17) is 4.74 Å². The molecule has 0 spiro atoms. The van der Waals surface area contributed by atoms with Crippen molar-refractivity contribution in [1.29, 1.82) is 0 Å². The summed E-state index contributed by atoms with van der Waals surface area (Å²) in [6.45, 7) is 11.7. The summed E-state index contributed by atoms with van der Waals surface area (Å²) in [4.78, 5) is 12.6. The van der Waals surface area contributed by atoms with Gasteiger partial charge in [0.05, 0.1) is 19.6 Å².